The minimum absolute atomic E-state index is 0.0429. The number of carbonyl (C=O) groups is 2. The highest BCUT2D eigenvalue weighted by Crippen LogP contribution is 2.10. The second-order valence-electron chi connectivity index (χ2n) is 4.62. The van der Waals surface area contributed by atoms with E-state index >= 15 is 0 Å². The van der Waals surface area contributed by atoms with Crippen LogP contribution in [0.25, 0.3) is 0 Å². The Morgan fingerprint density at radius 1 is 1.18 bits per heavy atom. The number of nitrogens with one attached hydrogen (secondary N) is 1. The fourth-order valence-corrected chi connectivity index (χ4v) is 1.44. The normalized spacial score (nSPS) is 17.9. The molecule has 5 nitrogen and oxygen atoms in total. The molecule has 0 saturated heterocycles. The van der Waals surface area contributed by atoms with Crippen LogP contribution in [0.2, 0.25) is 0 Å². The standard InChI is InChI=1S/C12H24N2O3/c1-5-7(3)9(13)11(15)14-10(12(16)17)8(4)6-2/h7-10H,5-6,13H2,1-4H3,(H,14,15)(H,16,17)/t7-,8+,9+,10-/m1/s1. The number of hydrogen-bond acceptors (Lipinski definition) is 3. The molecule has 0 rings (SSSR count). The van der Waals surface area contributed by atoms with Gasteiger partial charge in [0.25, 0.3) is 0 Å². The molecule has 1 amide bonds. The Morgan fingerprint density at radius 2 is 1.65 bits per heavy atom. The van der Waals surface area contributed by atoms with Gasteiger partial charge in [-0.3, -0.25) is 4.79 Å². The van der Waals surface area contributed by atoms with Gasteiger partial charge in [-0.1, -0.05) is 40.5 Å². The first kappa shape index (κ1) is 15.9. The highest BCUT2D eigenvalue weighted by atomic mass is 16.4. The first-order valence-corrected chi connectivity index (χ1v) is 6.13. The van der Waals surface area contributed by atoms with Crippen LogP contribution in [-0.4, -0.2) is 29.1 Å². The average Bonchev–Trinajstić information content (AvgIpc) is 2.32. The van der Waals surface area contributed by atoms with Gasteiger partial charge in [-0.2, -0.15) is 0 Å². The van der Waals surface area contributed by atoms with Crippen LogP contribution in [0.15, 0.2) is 0 Å². The molecule has 0 fully saturated rings. The molecule has 0 bridgehead atoms. The second kappa shape index (κ2) is 7.27. The summed E-state index contributed by atoms with van der Waals surface area (Å²) in [5, 5.41) is 11.6. The molecule has 0 aliphatic heterocycles. The van der Waals surface area contributed by atoms with Crippen molar-refractivity contribution in [2.24, 2.45) is 17.6 Å². The molecule has 0 heterocycles. The third-order valence-electron chi connectivity index (χ3n) is 3.34. The van der Waals surface area contributed by atoms with Crippen molar-refractivity contribution in [3.05, 3.63) is 0 Å². The number of carboxylic acids is 1. The zero-order valence-electron chi connectivity index (χ0n) is 11.1. The van der Waals surface area contributed by atoms with Gasteiger partial charge in [-0.25, -0.2) is 4.79 Å². The summed E-state index contributed by atoms with van der Waals surface area (Å²) in [5.74, 6) is -1.46. The highest BCUT2D eigenvalue weighted by Gasteiger charge is 2.28. The molecular weight excluding hydrogens is 220 g/mol. The van der Waals surface area contributed by atoms with Gasteiger partial charge in [-0.15, -0.1) is 0 Å². The summed E-state index contributed by atoms with van der Waals surface area (Å²) in [6, 6.07) is -1.51. The van der Waals surface area contributed by atoms with Gasteiger partial charge >= 0.3 is 5.97 Å². The lowest BCUT2D eigenvalue weighted by molar-refractivity contribution is -0.143. The van der Waals surface area contributed by atoms with E-state index in [-0.39, 0.29) is 17.7 Å². The summed E-state index contributed by atoms with van der Waals surface area (Å²) in [4.78, 5) is 22.8. The lowest BCUT2D eigenvalue weighted by Gasteiger charge is -2.24. The first-order valence-electron chi connectivity index (χ1n) is 6.13. The monoisotopic (exact) mass is 244 g/mol. The predicted molar refractivity (Wildman–Crippen MR) is 66.5 cm³/mol. The maximum absolute atomic E-state index is 11.8. The minimum atomic E-state index is -1.01. The number of carboxylic acid groups (broad SMARTS) is 1. The molecule has 0 aliphatic carbocycles. The quantitative estimate of drug-likeness (QED) is 0.622. The van der Waals surface area contributed by atoms with Gasteiger partial charge < -0.3 is 16.2 Å². The fourth-order valence-electron chi connectivity index (χ4n) is 1.44. The van der Waals surface area contributed by atoms with Crippen molar-refractivity contribution < 1.29 is 14.7 Å². The first-order chi connectivity index (χ1) is 7.84. The molecule has 4 N–H and O–H groups in total. The summed E-state index contributed by atoms with van der Waals surface area (Å²) >= 11 is 0. The van der Waals surface area contributed by atoms with Crippen LogP contribution >= 0.6 is 0 Å². The van der Waals surface area contributed by atoms with E-state index in [1.54, 1.807) is 6.92 Å². The Hall–Kier alpha value is -1.10. The van der Waals surface area contributed by atoms with Crippen LogP contribution < -0.4 is 11.1 Å². The lowest BCUT2D eigenvalue weighted by atomic mass is 9.96. The highest BCUT2D eigenvalue weighted by molar-refractivity contribution is 5.87. The van der Waals surface area contributed by atoms with Crippen LogP contribution in [-0.2, 0) is 9.59 Å². The van der Waals surface area contributed by atoms with E-state index < -0.39 is 18.1 Å². The number of nitrogens with two attached hydrogens (primary N) is 1. The summed E-state index contributed by atoms with van der Waals surface area (Å²) in [5.41, 5.74) is 5.76. The third-order valence-corrected chi connectivity index (χ3v) is 3.34. The van der Waals surface area contributed by atoms with E-state index in [0.29, 0.717) is 6.42 Å². The Kier molecular flexibility index (Phi) is 6.80. The zero-order chi connectivity index (χ0) is 13.6. The van der Waals surface area contributed by atoms with E-state index in [2.05, 4.69) is 5.32 Å². The van der Waals surface area contributed by atoms with E-state index in [4.69, 9.17) is 10.8 Å². The van der Waals surface area contributed by atoms with Gasteiger partial charge in [0.15, 0.2) is 0 Å². The summed E-state index contributed by atoms with van der Waals surface area (Å²) in [7, 11) is 0. The number of aliphatic carboxylic acids is 1. The topological polar surface area (TPSA) is 92.4 Å². The average molecular weight is 244 g/mol. The fraction of sp³-hybridized carbons (Fsp3) is 0.833. The van der Waals surface area contributed by atoms with Crippen LogP contribution in [0.5, 0.6) is 0 Å². The van der Waals surface area contributed by atoms with Gasteiger partial charge in [0.05, 0.1) is 6.04 Å². The summed E-state index contributed by atoms with van der Waals surface area (Å²) in [6.07, 6.45) is 1.48. The minimum Gasteiger partial charge on any atom is -0.480 e. The van der Waals surface area contributed by atoms with Crippen molar-refractivity contribution in [3.8, 4) is 0 Å². The Labute approximate surface area is 103 Å². The van der Waals surface area contributed by atoms with Crippen LogP contribution in [0, 0.1) is 11.8 Å². The number of carbonyl (C=O) groups excluding carboxylic acids is 1. The predicted octanol–water partition coefficient (Wildman–Crippen LogP) is 0.975. The van der Waals surface area contributed by atoms with E-state index in [1.807, 2.05) is 20.8 Å². The van der Waals surface area contributed by atoms with Crippen molar-refractivity contribution in [1.82, 2.24) is 5.32 Å². The number of hydrogen-bond donors (Lipinski definition) is 3. The Bertz CT molecular complexity index is 268. The molecule has 0 aromatic rings. The molecule has 0 aliphatic rings. The van der Waals surface area contributed by atoms with E-state index in [0.717, 1.165) is 6.42 Å². The van der Waals surface area contributed by atoms with Crippen molar-refractivity contribution in [3.63, 3.8) is 0 Å². The van der Waals surface area contributed by atoms with Gasteiger partial charge in [0, 0.05) is 0 Å². The molecular formula is C12H24N2O3. The molecule has 0 saturated carbocycles. The van der Waals surface area contributed by atoms with Gasteiger partial charge in [-0.05, 0) is 11.8 Å². The molecule has 17 heavy (non-hydrogen) atoms. The van der Waals surface area contributed by atoms with Crippen LogP contribution in [0.4, 0.5) is 0 Å². The van der Waals surface area contributed by atoms with Crippen LogP contribution in [0.3, 0.4) is 0 Å². The molecule has 4 atom stereocenters. The molecule has 0 aromatic carbocycles. The Balaban J connectivity index is 4.56. The van der Waals surface area contributed by atoms with Crippen molar-refractivity contribution in [1.29, 1.82) is 0 Å². The zero-order valence-corrected chi connectivity index (χ0v) is 11.1. The number of amides is 1. The number of rotatable bonds is 7. The van der Waals surface area contributed by atoms with E-state index in [9.17, 15) is 9.59 Å². The second-order valence-corrected chi connectivity index (χ2v) is 4.62. The molecule has 0 radical (unpaired) electrons. The van der Waals surface area contributed by atoms with Gasteiger partial charge in [0.2, 0.25) is 5.91 Å². The maximum Gasteiger partial charge on any atom is 0.326 e. The van der Waals surface area contributed by atoms with Crippen molar-refractivity contribution >= 4 is 11.9 Å². The van der Waals surface area contributed by atoms with Crippen molar-refractivity contribution in [2.45, 2.75) is 52.6 Å². The summed E-state index contributed by atoms with van der Waals surface area (Å²) in [6.45, 7) is 7.51. The molecule has 5 heteroatoms. The maximum atomic E-state index is 11.8. The molecule has 100 valence electrons. The van der Waals surface area contributed by atoms with Crippen molar-refractivity contribution in [2.75, 3.05) is 0 Å². The Morgan fingerprint density at radius 3 is 2.00 bits per heavy atom. The SMILES string of the molecule is CC[C@@H](C)[C@H](N)C(=O)N[C@@H](C(=O)O)[C@@H](C)CC. The lowest BCUT2D eigenvalue weighted by Crippen LogP contribution is -2.52. The molecule has 0 aromatic heterocycles. The van der Waals surface area contributed by atoms with Gasteiger partial charge in [0.1, 0.15) is 6.04 Å². The summed E-state index contributed by atoms with van der Waals surface area (Å²) < 4.78 is 0. The molecule has 0 unspecified atom stereocenters. The van der Waals surface area contributed by atoms with E-state index in [1.165, 1.54) is 0 Å². The third kappa shape index (κ3) is 4.73. The molecule has 0 spiro atoms. The smallest absolute Gasteiger partial charge is 0.326 e. The van der Waals surface area contributed by atoms with Crippen LogP contribution in [0.1, 0.15) is 40.5 Å². The largest absolute Gasteiger partial charge is 0.480 e.